The first-order valence-electron chi connectivity index (χ1n) is 12.5. The normalized spacial score (nSPS) is 13.5. The van der Waals surface area contributed by atoms with E-state index in [1.165, 1.54) is 11.1 Å². The van der Waals surface area contributed by atoms with Crippen LogP contribution < -0.4 is 4.90 Å². The van der Waals surface area contributed by atoms with Crippen LogP contribution in [0.15, 0.2) is 91.3 Å². The monoisotopic (exact) mass is 503 g/mol. The van der Waals surface area contributed by atoms with Crippen molar-refractivity contribution >= 4 is 50.5 Å². The summed E-state index contributed by atoms with van der Waals surface area (Å²) in [6.45, 7) is 19.5. The van der Waals surface area contributed by atoms with Crippen molar-refractivity contribution in [2.24, 2.45) is 0 Å². The zero-order valence-electron chi connectivity index (χ0n) is 21.3. The molecular formula is C32H21N7. The van der Waals surface area contributed by atoms with E-state index in [1.54, 1.807) is 18.5 Å². The average Bonchev–Trinajstić information content (AvgIpc) is 3.30. The summed E-state index contributed by atoms with van der Waals surface area (Å²) in [6.07, 6.45) is 1.54. The Morgan fingerprint density at radius 2 is 1.18 bits per heavy atom. The van der Waals surface area contributed by atoms with Gasteiger partial charge in [0, 0.05) is 5.41 Å². The number of anilines is 3. The predicted octanol–water partition coefficient (Wildman–Crippen LogP) is 8.18. The zero-order valence-corrected chi connectivity index (χ0v) is 21.3. The van der Waals surface area contributed by atoms with Crippen LogP contribution in [0.25, 0.3) is 37.4 Å². The number of hydrogen-bond acceptors (Lipinski definition) is 4. The van der Waals surface area contributed by atoms with E-state index in [2.05, 4.69) is 74.8 Å². The Morgan fingerprint density at radius 3 is 1.72 bits per heavy atom. The lowest BCUT2D eigenvalue weighted by molar-refractivity contribution is 0.630. The lowest BCUT2D eigenvalue weighted by Crippen LogP contribution is -2.31. The van der Waals surface area contributed by atoms with E-state index < -0.39 is 0 Å². The summed E-state index contributed by atoms with van der Waals surface area (Å²) >= 11 is 0. The molecule has 0 bridgehead atoms. The van der Waals surface area contributed by atoms with Crippen molar-refractivity contribution < 1.29 is 0 Å². The second-order valence-corrected chi connectivity index (χ2v) is 10.0. The van der Waals surface area contributed by atoms with Crippen LogP contribution in [0.1, 0.15) is 25.0 Å². The number of para-hydroxylation sites is 2. The van der Waals surface area contributed by atoms with Gasteiger partial charge in [-0.1, -0.05) is 62.4 Å². The van der Waals surface area contributed by atoms with Crippen LogP contribution in [0.4, 0.5) is 28.7 Å². The van der Waals surface area contributed by atoms with Crippen LogP contribution in [0.3, 0.4) is 0 Å². The van der Waals surface area contributed by atoms with Gasteiger partial charge < -0.3 is 0 Å². The molecule has 6 aromatic rings. The van der Waals surface area contributed by atoms with Crippen molar-refractivity contribution in [3.8, 4) is 5.95 Å². The van der Waals surface area contributed by atoms with E-state index in [1.807, 2.05) is 41.0 Å². The maximum Gasteiger partial charge on any atom is 0.239 e. The molecule has 4 aromatic carbocycles. The number of nitrogens with zero attached hydrogens (tertiary/aromatic N) is 7. The van der Waals surface area contributed by atoms with E-state index in [-0.39, 0.29) is 5.41 Å². The highest BCUT2D eigenvalue weighted by molar-refractivity contribution is 6.11. The molecule has 0 atom stereocenters. The molecule has 0 radical (unpaired) electrons. The van der Waals surface area contributed by atoms with Crippen molar-refractivity contribution in [1.82, 2.24) is 19.5 Å². The molecule has 0 fully saturated rings. The van der Waals surface area contributed by atoms with Crippen LogP contribution in [-0.2, 0) is 5.41 Å². The molecule has 0 amide bonds. The molecule has 2 aromatic heterocycles. The Bertz CT molecular complexity index is 1920. The third kappa shape index (κ3) is 3.24. The first-order chi connectivity index (χ1) is 19.0. The van der Waals surface area contributed by atoms with Crippen molar-refractivity contribution in [1.29, 1.82) is 0 Å². The van der Waals surface area contributed by atoms with Crippen LogP contribution in [0.5, 0.6) is 0 Å². The molecule has 184 valence electrons. The van der Waals surface area contributed by atoms with Crippen LogP contribution in [-0.4, -0.2) is 19.5 Å². The van der Waals surface area contributed by atoms with Crippen molar-refractivity contribution in [3.63, 3.8) is 0 Å². The summed E-state index contributed by atoms with van der Waals surface area (Å²) in [7, 11) is 0. The van der Waals surface area contributed by atoms with E-state index in [0.717, 1.165) is 33.2 Å². The highest BCUT2D eigenvalue weighted by Crippen LogP contribution is 2.50. The molecule has 0 N–H and O–H groups in total. The fourth-order valence-electron chi connectivity index (χ4n) is 5.73. The Kier molecular flexibility index (Phi) is 4.79. The summed E-state index contributed by atoms with van der Waals surface area (Å²) in [4.78, 5) is 23.6. The van der Waals surface area contributed by atoms with E-state index in [0.29, 0.717) is 23.3 Å². The van der Waals surface area contributed by atoms with Crippen molar-refractivity contribution in [3.05, 3.63) is 125 Å². The van der Waals surface area contributed by atoms with Crippen molar-refractivity contribution in [2.75, 3.05) is 4.90 Å². The molecular weight excluding hydrogens is 482 g/mol. The van der Waals surface area contributed by atoms with Gasteiger partial charge >= 0.3 is 0 Å². The largest absolute Gasteiger partial charge is 0.278 e. The Labute approximate surface area is 225 Å². The maximum absolute atomic E-state index is 7.50. The molecule has 39 heavy (non-hydrogen) atoms. The number of hydrogen-bond donors (Lipinski definition) is 0. The quantitative estimate of drug-likeness (QED) is 0.224. The van der Waals surface area contributed by atoms with Crippen LogP contribution >= 0.6 is 0 Å². The zero-order chi connectivity index (χ0) is 26.7. The predicted molar refractivity (Wildman–Crippen MR) is 154 cm³/mol. The third-order valence-electron chi connectivity index (χ3n) is 7.57. The van der Waals surface area contributed by atoms with Gasteiger partial charge in [-0.2, -0.15) is 4.98 Å². The summed E-state index contributed by atoms with van der Waals surface area (Å²) in [5.74, 6) is 0.979. The fourth-order valence-corrected chi connectivity index (χ4v) is 5.73. The number of aromatic nitrogens is 4. The van der Waals surface area contributed by atoms with Gasteiger partial charge in [0.2, 0.25) is 11.9 Å². The standard InChI is InChI=1S/C32H21N7/c1-32(2)24-9-5-7-11-28(24)39(29-12-8-6-10-25(29)32)31-36-19-35-30(37-31)38-26-15-13-20(33-3)17-22(26)23-18-21(34-4)14-16-27(23)38/h5-19H,1-2H3. The second kappa shape index (κ2) is 8.24. The van der Waals surface area contributed by atoms with Gasteiger partial charge in [-0.15, -0.1) is 0 Å². The van der Waals surface area contributed by atoms with E-state index >= 15 is 0 Å². The molecule has 0 spiro atoms. The second-order valence-electron chi connectivity index (χ2n) is 10.0. The Balaban J connectivity index is 1.49. The first-order valence-corrected chi connectivity index (χ1v) is 12.5. The minimum atomic E-state index is -0.187. The molecule has 0 saturated heterocycles. The molecule has 7 rings (SSSR count). The van der Waals surface area contributed by atoms with Gasteiger partial charge in [-0.25, -0.2) is 19.7 Å². The number of fused-ring (bicyclic) bond motifs is 5. The summed E-state index contributed by atoms with van der Waals surface area (Å²) in [5.41, 5.74) is 7.06. The van der Waals surface area contributed by atoms with Gasteiger partial charge in [-0.05, 0) is 58.3 Å². The molecule has 1 aliphatic rings. The van der Waals surface area contributed by atoms with Crippen LogP contribution in [0.2, 0.25) is 0 Å². The van der Waals surface area contributed by atoms with E-state index in [9.17, 15) is 0 Å². The lowest BCUT2D eigenvalue weighted by atomic mass is 9.74. The fraction of sp³-hybridized carbons (Fsp3) is 0.0938. The molecule has 3 heterocycles. The smallest absolute Gasteiger partial charge is 0.239 e. The number of rotatable bonds is 2. The Hall–Kier alpha value is -5.53. The summed E-state index contributed by atoms with van der Waals surface area (Å²) < 4.78 is 1.98. The topological polar surface area (TPSA) is 55.6 Å². The molecule has 0 unspecified atom stereocenters. The van der Waals surface area contributed by atoms with Gasteiger partial charge in [0.25, 0.3) is 0 Å². The van der Waals surface area contributed by atoms with Gasteiger partial charge in [-0.3, -0.25) is 9.47 Å². The van der Waals surface area contributed by atoms with Crippen LogP contribution in [0, 0.1) is 13.1 Å². The molecule has 0 saturated carbocycles. The maximum atomic E-state index is 7.50. The minimum Gasteiger partial charge on any atom is -0.278 e. The number of benzene rings is 4. The summed E-state index contributed by atoms with van der Waals surface area (Å²) in [6, 6.07) is 27.9. The Morgan fingerprint density at radius 1 is 0.667 bits per heavy atom. The molecule has 7 nitrogen and oxygen atoms in total. The summed E-state index contributed by atoms with van der Waals surface area (Å²) in [5, 5.41) is 1.75. The van der Waals surface area contributed by atoms with Gasteiger partial charge in [0.05, 0.1) is 35.6 Å². The molecule has 1 aliphatic heterocycles. The molecule has 0 aliphatic carbocycles. The van der Waals surface area contributed by atoms with Gasteiger partial charge in [0.15, 0.2) is 11.4 Å². The minimum absolute atomic E-state index is 0.187. The first kappa shape index (κ1) is 22.7. The van der Waals surface area contributed by atoms with Crippen molar-refractivity contribution in [2.45, 2.75) is 19.3 Å². The van der Waals surface area contributed by atoms with E-state index in [4.69, 9.17) is 18.1 Å². The highest BCUT2D eigenvalue weighted by atomic mass is 15.3. The average molecular weight is 504 g/mol. The SMILES string of the molecule is [C-]#[N+]c1ccc2c(c1)c1cc([N+]#[C-])ccc1n2-c1ncnc(N2c3ccccc3C(C)(C)c3ccccc32)n1. The lowest BCUT2D eigenvalue weighted by Gasteiger charge is -2.40. The van der Waals surface area contributed by atoms with Gasteiger partial charge in [0.1, 0.15) is 6.33 Å². The highest BCUT2D eigenvalue weighted by Gasteiger charge is 2.37. The third-order valence-corrected chi connectivity index (χ3v) is 7.57. The molecule has 7 heteroatoms.